The molecular weight excluding hydrogens is 424 g/mol. The number of carbonyl (C=O) groups excluding carboxylic acids is 3. The van der Waals surface area contributed by atoms with Crippen LogP contribution in [0, 0.1) is 39.0 Å². The topological polar surface area (TPSA) is 95.2 Å². The van der Waals surface area contributed by atoms with Crippen LogP contribution >= 0.6 is 11.3 Å². The molecule has 7 nitrogen and oxygen atoms in total. The molecule has 1 saturated carbocycles. The maximum absolute atomic E-state index is 13.2. The van der Waals surface area contributed by atoms with Crippen LogP contribution in [0.25, 0.3) is 11.1 Å². The molecule has 4 amide bonds. The molecular formula is C24H26N4O3S. The fraction of sp³-hybridized carbons (Fsp3) is 0.417. The van der Waals surface area contributed by atoms with E-state index in [9.17, 15) is 19.6 Å². The largest absolute Gasteiger partial charge is 0.331 e. The molecule has 1 aliphatic heterocycles. The predicted molar refractivity (Wildman–Crippen MR) is 123 cm³/mol. The molecule has 0 atom stereocenters. The van der Waals surface area contributed by atoms with Gasteiger partial charge in [0.25, 0.3) is 11.8 Å². The van der Waals surface area contributed by atoms with Gasteiger partial charge in [0.2, 0.25) is 0 Å². The van der Waals surface area contributed by atoms with Gasteiger partial charge >= 0.3 is 6.03 Å². The fourth-order valence-electron chi connectivity index (χ4n) is 4.64. The van der Waals surface area contributed by atoms with Crippen molar-refractivity contribution in [3.8, 4) is 11.1 Å². The summed E-state index contributed by atoms with van der Waals surface area (Å²) in [5, 5.41) is 12.8. The number of barbiturate groups is 1. The third kappa shape index (κ3) is 3.56. The van der Waals surface area contributed by atoms with Gasteiger partial charge in [-0.2, -0.15) is 5.26 Å². The Hall–Kier alpha value is -3.18. The highest BCUT2D eigenvalue weighted by Gasteiger charge is 2.40. The highest BCUT2D eigenvalue weighted by atomic mass is 32.1. The number of nitrogens with zero attached hydrogens (tertiary/aromatic N) is 3. The minimum absolute atomic E-state index is 0.0329. The molecule has 3 heterocycles. The molecule has 2 fully saturated rings. The number of urea groups is 1. The highest BCUT2D eigenvalue weighted by molar-refractivity contribution is 7.14. The second kappa shape index (κ2) is 8.40. The minimum atomic E-state index is -0.669. The Kier molecular flexibility index (Phi) is 5.78. The second-order valence-electron chi connectivity index (χ2n) is 8.52. The molecule has 0 radical (unpaired) electrons. The van der Waals surface area contributed by atoms with Crippen molar-refractivity contribution >= 4 is 35.3 Å². The van der Waals surface area contributed by atoms with Crippen molar-refractivity contribution in [1.29, 1.82) is 5.26 Å². The molecule has 166 valence electrons. The number of carbonyl (C=O) groups is 3. The van der Waals surface area contributed by atoms with Gasteiger partial charge in [0.05, 0.1) is 5.56 Å². The van der Waals surface area contributed by atoms with Crippen LogP contribution in [0.15, 0.2) is 11.6 Å². The Labute approximate surface area is 191 Å². The molecule has 1 aliphatic carbocycles. The number of thiophene rings is 1. The van der Waals surface area contributed by atoms with Crippen LogP contribution in [0.1, 0.15) is 65.1 Å². The first-order valence-electron chi connectivity index (χ1n) is 10.8. The van der Waals surface area contributed by atoms with Crippen LogP contribution in [0.5, 0.6) is 0 Å². The number of aromatic nitrogens is 1. The van der Waals surface area contributed by atoms with E-state index in [4.69, 9.17) is 0 Å². The van der Waals surface area contributed by atoms with Crippen molar-refractivity contribution in [2.75, 3.05) is 0 Å². The Morgan fingerprint density at radius 3 is 2.47 bits per heavy atom. The third-order valence-electron chi connectivity index (χ3n) is 6.52. The maximum Gasteiger partial charge on any atom is 0.331 e. The van der Waals surface area contributed by atoms with E-state index in [0.717, 1.165) is 58.9 Å². The van der Waals surface area contributed by atoms with Crippen LogP contribution in [-0.2, 0) is 9.59 Å². The Bertz CT molecular complexity index is 1200. The first-order valence-corrected chi connectivity index (χ1v) is 11.7. The lowest BCUT2D eigenvalue weighted by Crippen LogP contribution is -2.58. The van der Waals surface area contributed by atoms with Gasteiger partial charge in [0.15, 0.2) is 0 Å². The number of aryl methyl sites for hydroxylation is 2. The SMILES string of the molecule is Cc1sc(-n2c(C)cc(/C=C3/C(=O)NC(=O)N(C4CCCCC4)C3=O)c2C)c(C#N)c1C. The first-order chi connectivity index (χ1) is 15.2. The minimum Gasteiger partial charge on any atom is -0.308 e. The van der Waals surface area contributed by atoms with Gasteiger partial charge in [-0.05, 0) is 63.8 Å². The highest BCUT2D eigenvalue weighted by Crippen LogP contribution is 2.34. The fourth-order valence-corrected chi connectivity index (χ4v) is 5.86. The van der Waals surface area contributed by atoms with Crippen molar-refractivity contribution in [1.82, 2.24) is 14.8 Å². The molecule has 0 unspecified atom stereocenters. The summed E-state index contributed by atoms with van der Waals surface area (Å²) < 4.78 is 1.99. The summed E-state index contributed by atoms with van der Waals surface area (Å²) in [6.07, 6.45) is 6.14. The van der Waals surface area contributed by atoms with Crippen LogP contribution in [-0.4, -0.2) is 33.4 Å². The zero-order valence-electron chi connectivity index (χ0n) is 18.7. The van der Waals surface area contributed by atoms with Crippen LogP contribution in [0.2, 0.25) is 0 Å². The van der Waals surface area contributed by atoms with Crippen molar-refractivity contribution in [2.45, 2.75) is 65.8 Å². The average Bonchev–Trinajstić information content (AvgIpc) is 3.19. The van der Waals surface area contributed by atoms with E-state index in [1.807, 2.05) is 38.3 Å². The zero-order chi connectivity index (χ0) is 23.2. The Morgan fingerprint density at radius 2 is 1.81 bits per heavy atom. The third-order valence-corrected chi connectivity index (χ3v) is 7.72. The van der Waals surface area contributed by atoms with E-state index in [2.05, 4.69) is 11.4 Å². The van der Waals surface area contributed by atoms with Crippen molar-refractivity contribution in [3.05, 3.63) is 44.6 Å². The monoisotopic (exact) mass is 450 g/mol. The summed E-state index contributed by atoms with van der Waals surface area (Å²) in [6, 6.07) is 3.40. The van der Waals surface area contributed by atoms with Crippen molar-refractivity contribution < 1.29 is 14.4 Å². The van der Waals surface area contributed by atoms with Crippen LogP contribution < -0.4 is 5.32 Å². The van der Waals surface area contributed by atoms with E-state index < -0.39 is 17.8 Å². The molecule has 0 aromatic carbocycles. The van der Waals surface area contributed by atoms with E-state index in [1.165, 1.54) is 4.90 Å². The van der Waals surface area contributed by atoms with Gasteiger partial charge in [-0.1, -0.05) is 19.3 Å². The van der Waals surface area contributed by atoms with Gasteiger partial charge in [-0.15, -0.1) is 11.3 Å². The lowest BCUT2D eigenvalue weighted by molar-refractivity contribution is -0.132. The number of amides is 4. The molecule has 2 aromatic heterocycles. The van der Waals surface area contributed by atoms with Gasteiger partial charge in [0, 0.05) is 22.3 Å². The van der Waals surface area contributed by atoms with Crippen molar-refractivity contribution in [3.63, 3.8) is 0 Å². The zero-order valence-corrected chi connectivity index (χ0v) is 19.6. The Morgan fingerprint density at radius 1 is 1.12 bits per heavy atom. The van der Waals surface area contributed by atoms with Gasteiger partial charge in [-0.3, -0.25) is 19.8 Å². The number of hydrogen-bond donors (Lipinski definition) is 1. The molecule has 2 aromatic rings. The van der Waals surface area contributed by atoms with Crippen LogP contribution in [0.3, 0.4) is 0 Å². The number of nitriles is 1. The standard InChI is InChI=1S/C24H26N4O3S/c1-13-10-17(15(3)27(13)23-20(12-25)14(2)16(4)32-23)11-19-21(29)26-24(31)28(22(19)30)18-8-6-5-7-9-18/h10-11,18H,5-9H2,1-4H3,(H,26,29,31)/b19-11-. The maximum atomic E-state index is 13.2. The summed E-state index contributed by atoms with van der Waals surface area (Å²) in [5.74, 6) is -1.20. The summed E-state index contributed by atoms with van der Waals surface area (Å²) >= 11 is 1.55. The first kappa shape index (κ1) is 22.0. The predicted octanol–water partition coefficient (Wildman–Crippen LogP) is 4.44. The normalized spacial score (nSPS) is 18.9. The van der Waals surface area contributed by atoms with E-state index >= 15 is 0 Å². The summed E-state index contributed by atoms with van der Waals surface area (Å²) in [5.41, 5.74) is 4.00. The summed E-state index contributed by atoms with van der Waals surface area (Å²) in [4.78, 5) is 40.5. The van der Waals surface area contributed by atoms with E-state index in [-0.39, 0.29) is 11.6 Å². The van der Waals surface area contributed by atoms with Gasteiger partial charge < -0.3 is 4.57 Å². The molecule has 1 N–H and O–H groups in total. The molecule has 8 heteroatoms. The van der Waals surface area contributed by atoms with E-state index in [0.29, 0.717) is 11.1 Å². The van der Waals surface area contributed by atoms with Crippen LogP contribution in [0.4, 0.5) is 4.79 Å². The molecule has 4 rings (SSSR count). The molecule has 32 heavy (non-hydrogen) atoms. The molecule has 0 spiro atoms. The number of hydrogen-bond acceptors (Lipinski definition) is 5. The Balaban J connectivity index is 1.75. The number of imide groups is 2. The lowest BCUT2D eigenvalue weighted by Gasteiger charge is -2.35. The molecule has 0 bridgehead atoms. The summed E-state index contributed by atoms with van der Waals surface area (Å²) in [7, 11) is 0. The average molecular weight is 451 g/mol. The quantitative estimate of drug-likeness (QED) is 0.552. The molecule has 2 aliphatic rings. The summed E-state index contributed by atoms with van der Waals surface area (Å²) in [6.45, 7) is 7.76. The lowest BCUT2D eigenvalue weighted by atomic mass is 9.93. The molecule has 1 saturated heterocycles. The van der Waals surface area contributed by atoms with Gasteiger partial charge in [-0.25, -0.2) is 4.79 Å². The number of nitrogens with one attached hydrogen (secondary N) is 1. The van der Waals surface area contributed by atoms with E-state index in [1.54, 1.807) is 17.4 Å². The number of rotatable bonds is 3. The van der Waals surface area contributed by atoms with Crippen molar-refractivity contribution in [2.24, 2.45) is 0 Å². The second-order valence-corrected chi connectivity index (χ2v) is 9.72. The smallest absolute Gasteiger partial charge is 0.308 e. The van der Waals surface area contributed by atoms with Gasteiger partial charge in [0.1, 0.15) is 16.6 Å².